The summed E-state index contributed by atoms with van der Waals surface area (Å²) in [4.78, 5) is 13.6. The zero-order chi connectivity index (χ0) is 13.3. The Balaban J connectivity index is 2.62. The van der Waals surface area contributed by atoms with Crippen LogP contribution in [-0.2, 0) is 15.0 Å². The molecule has 0 aromatic heterocycles. The van der Waals surface area contributed by atoms with Gasteiger partial charge in [-0.05, 0) is 13.3 Å². The predicted molar refractivity (Wildman–Crippen MR) is 64.1 cm³/mol. The monoisotopic (exact) mass is 264 g/mol. The van der Waals surface area contributed by atoms with Gasteiger partial charge in [-0.25, -0.2) is 5.14 Å². The Morgan fingerprint density at radius 2 is 1.76 bits per heavy atom. The summed E-state index contributed by atoms with van der Waals surface area (Å²) in [6.45, 7) is 4.65. The van der Waals surface area contributed by atoms with Gasteiger partial charge in [0.2, 0.25) is 5.91 Å². The second-order valence-electron chi connectivity index (χ2n) is 4.51. The van der Waals surface area contributed by atoms with E-state index in [0.717, 1.165) is 4.31 Å². The van der Waals surface area contributed by atoms with Gasteiger partial charge >= 0.3 is 0 Å². The molecule has 1 fully saturated rings. The number of piperazine rings is 1. The fourth-order valence-corrected chi connectivity index (χ4v) is 2.33. The standard InChI is InChI=1S/C9H20N4O3S/c1-3-9(2,10)8(14)12-4-6-13(7-5-12)17(11,15)16/h3-7,10H2,1-2H3,(H2,11,15,16). The maximum atomic E-state index is 12.0. The molecule has 0 aromatic rings. The molecular weight excluding hydrogens is 244 g/mol. The highest BCUT2D eigenvalue weighted by atomic mass is 32.2. The Morgan fingerprint density at radius 3 is 2.12 bits per heavy atom. The quantitative estimate of drug-likeness (QED) is 0.643. The van der Waals surface area contributed by atoms with E-state index in [1.807, 2.05) is 6.92 Å². The van der Waals surface area contributed by atoms with Gasteiger partial charge in [0.05, 0.1) is 5.54 Å². The third-order valence-corrected chi connectivity index (χ3v) is 4.19. The van der Waals surface area contributed by atoms with Crippen LogP contribution in [0, 0.1) is 0 Å². The molecule has 0 aromatic carbocycles. The molecule has 0 radical (unpaired) electrons. The van der Waals surface area contributed by atoms with E-state index in [9.17, 15) is 13.2 Å². The lowest BCUT2D eigenvalue weighted by molar-refractivity contribution is -0.137. The van der Waals surface area contributed by atoms with Crippen molar-refractivity contribution in [2.75, 3.05) is 26.2 Å². The van der Waals surface area contributed by atoms with Gasteiger partial charge in [0.25, 0.3) is 10.2 Å². The molecule has 100 valence electrons. The maximum absolute atomic E-state index is 12.0. The van der Waals surface area contributed by atoms with E-state index in [-0.39, 0.29) is 19.0 Å². The van der Waals surface area contributed by atoms with E-state index in [1.165, 1.54) is 0 Å². The van der Waals surface area contributed by atoms with Crippen molar-refractivity contribution in [3.63, 3.8) is 0 Å². The summed E-state index contributed by atoms with van der Waals surface area (Å²) in [5, 5.41) is 5.01. The SMILES string of the molecule is CCC(C)(N)C(=O)N1CCN(S(N)(=O)=O)CC1. The van der Waals surface area contributed by atoms with Gasteiger partial charge in [-0.1, -0.05) is 6.92 Å². The summed E-state index contributed by atoms with van der Waals surface area (Å²) < 4.78 is 23.3. The second-order valence-corrected chi connectivity index (χ2v) is 6.05. The van der Waals surface area contributed by atoms with Crippen LogP contribution in [0.15, 0.2) is 0 Å². The van der Waals surface area contributed by atoms with Crippen LogP contribution in [0.5, 0.6) is 0 Å². The van der Waals surface area contributed by atoms with Crippen LogP contribution in [0.2, 0.25) is 0 Å². The summed E-state index contributed by atoms with van der Waals surface area (Å²) in [5.74, 6) is -0.144. The highest BCUT2D eigenvalue weighted by Gasteiger charge is 2.34. The number of hydrogen-bond acceptors (Lipinski definition) is 4. The normalized spacial score (nSPS) is 22.2. The third-order valence-electron chi connectivity index (χ3n) is 3.11. The topological polar surface area (TPSA) is 110 Å². The van der Waals surface area contributed by atoms with E-state index < -0.39 is 15.7 Å². The first-order valence-electron chi connectivity index (χ1n) is 5.54. The fraction of sp³-hybridized carbons (Fsp3) is 0.889. The molecule has 0 aliphatic carbocycles. The molecule has 1 aliphatic rings. The lowest BCUT2D eigenvalue weighted by Crippen LogP contribution is -2.59. The molecule has 4 N–H and O–H groups in total. The number of carbonyl (C=O) groups is 1. The highest BCUT2D eigenvalue weighted by molar-refractivity contribution is 7.86. The molecule has 17 heavy (non-hydrogen) atoms. The first kappa shape index (κ1) is 14.4. The van der Waals surface area contributed by atoms with E-state index in [0.29, 0.717) is 19.5 Å². The van der Waals surface area contributed by atoms with Gasteiger partial charge in [-0.2, -0.15) is 12.7 Å². The summed E-state index contributed by atoms with van der Waals surface area (Å²) in [6.07, 6.45) is 0.543. The second kappa shape index (κ2) is 4.89. The van der Waals surface area contributed by atoms with Crippen LogP contribution in [0.25, 0.3) is 0 Å². The lowest BCUT2D eigenvalue weighted by atomic mass is 9.98. The molecule has 0 bridgehead atoms. The minimum Gasteiger partial charge on any atom is -0.338 e. The predicted octanol–water partition coefficient (Wildman–Crippen LogP) is -1.54. The smallest absolute Gasteiger partial charge is 0.277 e. The summed E-state index contributed by atoms with van der Waals surface area (Å²) in [5.41, 5.74) is 4.98. The molecule has 1 unspecified atom stereocenters. The Labute approximate surface area is 102 Å². The first-order chi connectivity index (χ1) is 7.68. The van der Waals surface area contributed by atoms with E-state index in [4.69, 9.17) is 10.9 Å². The number of carbonyl (C=O) groups excluding carboxylic acids is 1. The van der Waals surface area contributed by atoms with Crippen molar-refractivity contribution in [1.82, 2.24) is 9.21 Å². The molecule has 1 amide bonds. The largest absolute Gasteiger partial charge is 0.338 e. The molecule has 1 atom stereocenters. The van der Waals surface area contributed by atoms with Gasteiger partial charge in [-0.15, -0.1) is 0 Å². The van der Waals surface area contributed by atoms with Crippen molar-refractivity contribution in [3.05, 3.63) is 0 Å². The third kappa shape index (κ3) is 3.38. The number of hydrogen-bond donors (Lipinski definition) is 2. The minimum absolute atomic E-state index is 0.144. The number of nitrogens with two attached hydrogens (primary N) is 2. The summed E-state index contributed by atoms with van der Waals surface area (Å²) in [6, 6.07) is 0. The van der Waals surface area contributed by atoms with Gasteiger partial charge in [0.15, 0.2) is 0 Å². The highest BCUT2D eigenvalue weighted by Crippen LogP contribution is 2.13. The maximum Gasteiger partial charge on any atom is 0.277 e. The van der Waals surface area contributed by atoms with Crippen LogP contribution < -0.4 is 10.9 Å². The van der Waals surface area contributed by atoms with Crippen molar-refractivity contribution in [2.24, 2.45) is 10.9 Å². The van der Waals surface area contributed by atoms with Crippen LogP contribution >= 0.6 is 0 Å². The number of nitrogens with zero attached hydrogens (tertiary/aromatic N) is 2. The molecule has 0 spiro atoms. The molecule has 1 saturated heterocycles. The molecule has 0 saturated carbocycles. The van der Waals surface area contributed by atoms with Crippen LogP contribution in [-0.4, -0.2) is 55.2 Å². The zero-order valence-electron chi connectivity index (χ0n) is 10.2. The average Bonchev–Trinajstić information content (AvgIpc) is 2.27. The molecule has 7 nitrogen and oxygen atoms in total. The lowest BCUT2D eigenvalue weighted by Gasteiger charge is -2.37. The van der Waals surface area contributed by atoms with E-state index >= 15 is 0 Å². The van der Waals surface area contributed by atoms with Crippen molar-refractivity contribution >= 4 is 16.1 Å². The van der Waals surface area contributed by atoms with Crippen LogP contribution in [0.3, 0.4) is 0 Å². The van der Waals surface area contributed by atoms with Crippen molar-refractivity contribution in [3.8, 4) is 0 Å². The Bertz CT molecular complexity index is 385. The first-order valence-corrected chi connectivity index (χ1v) is 7.05. The summed E-state index contributed by atoms with van der Waals surface area (Å²) >= 11 is 0. The van der Waals surface area contributed by atoms with Crippen molar-refractivity contribution in [1.29, 1.82) is 0 Å². The van der Waals surface area contributed by atoms with Gasteiger partial charge in [0, 0.05) is 26.2 Å². The van der Waals surface area contributed by atoms with Crippen LogP contribution in [0.4, 0.5) is 0 Å². The molecule has 1 heterocycles. The Kier molecular flexibility index (Phi) is 4.13. The van der Waals surface area contributed by atoms with Crippen molar-refractivity contribution in [2.45, 2.75) is 25.8 Å². The minimum atomic E-state index is -3.65. The van der Waals surface area contributed by atoms with Crippen LogP contribution in [0.1, 0.15) is 20.3 Å². The summed E-state index contributed by atoms with van der Waals surface area (Å²) in [7, 11) is -3.65. The van der Waals surface area contributed by atoms with Gasteiger partial charge in [-0.3, -0.25) is 4.79 Å². The Morgan fingerprint density at radius 1 is 1.29 bits per heavy atom. The number of rotatable bonds is 3. The van der Waals surface area contributed by atoms with Gasteiger partial charge < -0.3 is 10.6 Å². The zero-order valence-corrected chi connectivity index (χ0v) is 11.0. The van der Waals surface area contributed by atoms with E-state index in [2.05, 4.69) is 0 Å². The Hall–Kier alpha value is -0.700. The van der Waals surface area contributed by atoms with Crippen molar-refractivity contribution < 1.29 is 13.2 Å². The number of amides is 1. The average molecular weight is 264 g/mol. The fourth-order valence-electron chi connectivity index (χ4n) is 1.66. The molecule has 8 heteroatoms. The van der Waals surface area contributed by atoms with Gasteiger partial charge in [0.1, 0.15) is 0 Å². The molecular formula is C9H20N4O3S. The molecule has 1 rings (SSSR count). The van der Waals surface area contributed by atoms with E-state index in [1.54, 1.807) is 11.8 Å². The molecule has 1 aliphatic heterocycles.